The minimum absolute atomic E-state index is 0.448. The predicted molar refractivity (Wildman–Crippen MR) is 71.4 cm³/mol. The third kappa shape index (κ3) is 3.19. The van der Waals surface area contributed by atoms with Crippen molar-refractivity contribution in [3.8, 4) is 0 Å². The van der Waals surface area contributed by atoms with E-state index in [1.165, 1.54) is 5.69 Å². The molecule has 0 saturated heterocycles. The van der Waals surface area contributed by atoms with Crippen LogP contribution in [-0.2, 0) is 20.0 Å². The highest BCUT2D eigenvalue weighted by Crippen LogP contribution is 2.21. The van der Waals surface area contributed by atoms with Gasteiger partial charge in [0.25, 0.3) is 0 Å². The second kappa shape index (κ2) is 6.21. The van der Waals surface area contributed by atoms with E-state index in [1.807, 2.05) is 17.8 Å². The molecule has 1 aromatic heterocycles. The van der Waals surface area contributed by atoms with Crippen LogP contribution in [0.3, 0.4) is 0 Å². The highest BCUT2D eigenvalue weighted by molar-refractivity contribution is 9.10. The Labute approximate surface area is 106 Å². The van der Waals surface area contributed by atoms with Crippen LogP contribution >= 0.6 is 15.9 Å². The molecule has 0 aliphatic heterocycles. The Morgan fingerprint density at radius 2 is 2.31 bits per heavy atom. The van der Waals surface area contributed by atoms with Gasteiger partial charge in [-0.3, -0.25) is 4.68 Å². The first-order chi connectivity index (χ1) is 7.60. The molecule has 0 radical (unpaired) electrons. The van der Waals surface area contributed by atoms with Gasteiger partial charge in [0.2, 0.25) is 0 Å². The summed E-state index contributed by atoms with van der Waals surface area (Å²) in [4.78, 5) is 0. The van der Waals surface area contributed by atoms with E-state index in [0.29, 0.717) is 6.04 Å². The summed E-state index contributed by atoms with van der Waals surface area (Å²) in [7, 11) is 1.99. The van der Waals surface area contributed by atoms with Crippen molar-refractivity contribution < 1.29 is 0 Å². The van der Waals surface area contributed by atoms with Crippen LogP contribution in [-0.4, -0.2) is 15.8 Å². The number of halogens is 1. The molecule has 1 aromatic rings. The molecule has 0 aliphatic rings. The number of nitrogens with zero attached hydrogens (tertiary/aromatic N) is 2. The Hall–Kier alpha value is -0.610. The van der Waals surface area contributed by atoms with Crippen molar-refractivity contribution in [3.63, 3.8) is 0 Å². The SMILES string of the molecule is C=CCC(C)NCc1c(Br)c(CC)nn1C. The van der Waals surface area contributed by atoms with Gasteiger partial charge in [0, 0.05) is 19.6 Å². The lowest BCUT2D eigenvalue weighted by Crippen LogP contribution is -2.26. The molecule has 0 saturated carbocycles. The zero-order valence-electron chi connectivity index (χ0n) is 10.3. The molecule has 1 heterocycles. The lowest BCUT2D eigenvalue weighted by Gasteiger charge is -2.11. The Balaban J connectivity index is 2.66. The molecule has 1 rings (SSSR count). The average Bonchev–Trinajstić information content (AvgIpc) is 2.52. The molecule has 1 unspecified atom stereocenters. The van der Waals surface area contributed by atoms with Gasteiger partial charge in [0.1, 0.15) is 0 Å². The summed E-state index contributed by atoms with van der Waals surface area (Å²) >= 11 is 3.61. The third-order valence-electron chi connectivity index (χ3n) is 2.64. The number of aromatic nitrogens is 2. The van der Waals surface area contributed by atoms with E-state index in [2.05, 4.69) is 46.8 Å². The highest BCUT2D eigenvalue weighted by atomic mass is 79.9. The molecular weight excluding hydrogens is 266 g/mol. The van der Waals surface area contributed by atoms with Crippen LogP contribution in [0.4, 0.5) is 0 Å². The van der Waals surface area contributed by atoms with Gasteiger partial charge >= 0.3 is 0 Å². The van der Waals surface area contributed by atoms with E-state index in [1.54, 1.807) is 0 Å². The van der Waals surface area contributed by atoms with Crippen molar-refractivity contribution in [2.24, 2.45) is 7.05 Å². The number of hydrogen-bond acceptors (Lipinski definition) is 2. The number of rotatable bonds is 6. The minimum Gasteiger partial charge on any atom is -0.308 e. The van der Waals surface area contributed by atoms with Crippen LogP contribution in [0.1, 0.15) is 31.7 Å². The Bertz CT molecular complexity index is 357. The van der Waals surface area contributed by atoms with Gasteiger partial charge in [-0.15, -0.1) is 6.58 Å². The molecule has 3 nitrogen and oxygen atoms in total. The van der Waals surface area contributed by atoms with E-state index in [-0.39, 0.29) is 0 Å². The van der Waals surface area contributed by atoms with Crippen molar-refractivity contribution in [2.75, 3.05) is 0 Å². The van der Waals surface area contributed by atoms with Crippen LogP contribution in [0, 0.1) is 0 Å². The maximum atomic E-state index is 4.46. The maximum Gasteiger partial charge on any atom is 0.0767 e. The van der Waals surface area contributed by atoms with E-state index in [9.17, 15) is 0 Å². The summed E-state index contributed by atoms with van der Waals surface area (Å²) in [6.07, 6.45) is 3.88. The zero-order chi connectivity index (χ0) is 12.1. The molecule has 0 spiro atoms. The fourth-order valence-corrected chi connectivity index (χ4v) is 2.37. The first-order valence-corrected chi connectivity index (χ1v) is 6.43. The fourth-order valence-electron chi connectivity index (χ4n) is 1.62. The van der Waals surface area contributed by atoms with Gasteiger partial charge in [-0.25, -0.2) is 0 Å². The molecule has 16 heavy (non-hydrogen) atoms. The smallest absolute Gasteiger partial charge is 0.0767 e. The summed E-state index contributed by atoms with van der Waals surface area (Å²) in [6, 6.07) is 0.448. The van der Waals surface area contributed by atoms with Crippen LogP contribution in [0.2, 0.25) is 0 Å². The molecule has 0 aliphatic carbocycles. The van der Waals surface area contributed by atoms with Crippen LogP contribution in [0.15, 0.2) is 17.1 Å². The summed E-state index contributed by atoms with van der Waals surface area (Å²) in [5, 5.41) is 7.92. The minimum atomic E-state index is 0.448. The molecular formula is C12H20BrN3. The fraction of sp³-hybridized carbons (Fsp3) is 0.583. The second-order valence-electron chi connectivity index (χ2n) is 3.99. The van der Waals surface area contributed by atoms with Crippen molar-refractivity contribution in [1.29, 1.82) is 0 Å². The summed E-state index contributed by atoms with van der Waals surface area (Å²) < 4.78 is 3.08. The summed E-state index contributed by atoms with van der Waals surface area (Å²) in [5.74, 6) is 0. The first kappa shape index (κ1) is 13.5. The quantitative estimate of drug-likeness (QED) is 0.815. The van der Waals surface area contributed by atoms with Crippen molar-refractivity contribution in [1.82, 2.24) is 15.1 Å². The van der Waals surface area contributed by atoms with Crippen molar-refractivity contribution in [3.05, 3.63) is 28.5 Å². The van der Waals surface area contributed by atoms with E-state index in [4.69, 9.17) is 0 Å². The van der Waals surface area contributed by atoms with Crippen molar-refractivity contribution >= 4 is 15.9 Å². The molecule has 1 N–H and O–H groups in total. The third-order valence-corrected chi connectivity index (χ3v) is 3.56. The zero-order valence-corrected chi connectivity index (χ0v) is 11.8. The molecule has 1 atom stereocenters. The topological polar surface area (TPSA) is 29.9 Å². The number of aryl methyl sites for hydroxylation is 2. The summed E-state index contributed by atoms with van der Waals surface area (Å²) in [5.41, 5.74) is 2.32. The van der Waals surface area contributed by atoms with E-state index in [0.717, 1.165) is 29.6 Å². The second-order valence-corrected chi connectivity index (χ2v) is 4.78. The Morgan fingerprint density at radius 3 is 2.81 bits per heavy atom. The maximum absolute atomic E-state index is 4.46. The molecule has 0 bridgehead atoms. The highest BCUT2D eigenvalue weighted by Gasteiger charge is 2.12. The molecule has 0 amide bonds. The van der Waals surface area contributed by atoms with Gasteiger partial charge < -0.3 is 5.32 Å². The lowest BCUT2D eigenvalue weighted by molar-refractivity contribution is 0.531. The number of hydrogen-bond donors (Lipinski definition) is 1. The predicted octanol–water partition coefficient (Wildman–Crippen LogP) is 2.80. The monoisotopic (exact) mass is 285 g/mol. The number of nitrogens with one attached hydrogen (secondary N) is 1. The van der Waals surface area contributed by atoms with Crippen molar-refractivity contribution in [2.45, 2.75) is 39.3 Å². The van der Waals surface area contributed by atoms with Crippen LogP contribution in [0.5, 0.6) is 0 Å². The van der Waals surface area contributed by atoms with Gasteiger partial charge in [0.15, 0.2) is 0 Å². The van der Waals surface area contributed by atoms with Gasteiger partial charge in [0.05, 0.1) is 15.9 Å². The van der Waals surface area contributed by atoms with Gasteiger partial charge in [-0.2, -0.15) is 5.10 Å². The standard InChI is InChI=1S/C12H20BrN3/c1-5-7-9(3)14-8-11-12(13)10(6-2)15-16(11)4/h5,9,14H,1,6-8H2,2-4H3. The normalized spacial score (nSPS) is 12.8. The molecule has 4 heteroatoms. The Morgan fingerprint density at radius 1 is 1.62 bits per heavy atom. The van der Waals surface area contributed by atoms with Gasteiger partial charge in [-0.1, -0.05) is 13.0 Å². The lowest BCUT2D eigenvalue weighted by atomic mass is 10.2. The first-order valence-electron chi connectivity index (χ1n) is 5.64. The Kier molecular flexibility index (Phi) is 5.22. The molecule has 90 valence electrons. The molecule has 0 aromatic carbocycles. The largest absolute Gasteiger partial charge is 0.308 e. The molecule has 0 fully saturated rings. The van der Waals surface area contributed by atoms with Crippen LogP contribution in [0.25, 0.3) is 0 Å². The van der Waals surface area contributed by atoms with Gasteiger partial charge in [-0.05, 0) is 35.7 Å². The van der Waals surface area contributed by atoms with E-state index >= 15 is 0 Å². The van der Waals surface area contributed by atoms with E-state index < -0.39 is 0 Å². The average molecular weight is 286 g/mol. The van der Waals surface area contributed by atoms with Crippen LogP contribution < -0.4 is 5.32 Å². The summed E-state index contributed by atoms with van der Waals surface area (Å²) in [6.45, 7) is 8.85.